The Morgan fingerprint density at radius 3 is 2.44 bits per heavy atom. The summed E-state index contributed by atoms with van der Waals surface area (Å²) in [6.07, 6.45) is -1.92. The van der Waals surface area contributed by atoms with Crippen molar-refractivity contribution in [2.75, 3.05) is 13.2 Å². The van der Waals surface area contributed by atoms with Crippen molar-refractivity contribution < 1.29 is 14.9 Å². The first-order chi connectivity index (χ1) is 4.25. The van der Waals surface area contributed by atoms with Crippen LogP contribution >= 0.6 is 0 Å². The van der Waals surface area contributed by atoms with Gasteiger partial charge in [-0.15, -0.1) is 0 Å². The van der Waals surface area contributed by atoms with Crippen LogP contribution in [0.4, 0.5) is 0 Å². The Morgan fingerprint density at radius 1 is 1.56 bits per heavy atom. The Labute approximate surface area is 53.2 Å². The quantitative estimate of drug-likeness (QED) is 0.389. The molecule has 0 radical (unpaired) electrons. The fraction of sp³-hybridized carbons (Fsp3) is 1.00. The summed E-state index contributed by atoms with van der Waals surface area (Å²) < 4.78 is 4.90. The molecule has 1 saturated heterocycles. The molecule has 4 heteroatoms. The lowest BCUT2D eigenvalue weighted by Gasteiger charge is -2.10. The maximum Gasteiger partial charge on any atom is 0.109 e. The Morgan fingerprint density at radius 2 is 2.22 bits per heavy atom. The lowest BCUT2D eigenvalue weighted by atomic mass is 10.1. The van der Waals surface area contributed by atoms with Gasteiger partial charge < -0.3 is 20.7 Å². The van der Waals surface area contributed by atoms with Crippen LogP contribution < -0.4 is 5.73 Å². The number of nitrogens with two attached hydrogens (primary N) is 1. The van der Waals surface area contributed by atoms with Crippen molar-refractivity contribution >= 4 is 0 Å². The van der Waals surface area contributed by atoms with Gasteiger partial charge in [0.1, 0.15) is 12.2 Å². The van der Waals surface area contributed by atoms with Crippen LogP contribution in [0.5, 0.6) is 0 Å². The summed E-state index contributed by atoms with van der Waals surface area (Å²) in [6.45, 7) is 0.460. The SMILES string of the molecule is NCC1OCC(O)C1O. The van der Waals surface area contributed by atoms with E-state index in [1.807, 2.05) is 0 Å². The average Bonchev–Trinajstić information content (AvgIpc) is 2.15. The molecule has 1 heterocycles. The van der Waals surface area contributed by atoms with Crippen LogP contribution in [0, 0.1) is 0 Å². The minimum absolute atomic E-state index is 0.197. The molecule has 3 atom stereocenters. The predicted octanol–water partition coefficient (Wildman–Crippen LogP) is -1.93. The molecule has 0 aliphatic carbocycles. The van der Waals surface area contributed by atoms with Gasteiger partial charge in [-0.3, -0.25) is 0 Å². The molecule has 0 aromatic carbocycles. The number of aliphatic hydroxyl groups excluding tert-OH is 2. The fourth-order valence-corrected chi connectivity index (χ4v) is 0.875. The van der Waals surface area contributed by atoms with Gasteiger partial charge in [-0.05, 0) is 0 Å². The van der Waals surface area contributed by atoms with Crippen molar-refractivity contribution in [2.24, 2.45) is 5.73 Å². The Balaban J connectivity index is 2.41. The van der Waals surface area contributed by atoms with E-state index in [0.717, 1.165) is 0 Å². The van der Waals surface area contributed by atoms with Crippen LogP contribution in [0.15, 0.2) is 0 Å². The van der Waals surface area contributed by atoms with Crippen molar-refractivity contribution in [3.8, 4) is 0 Å². The standard InChI is InChI=1S/C5H11NO3/c6-1-4-5(8)3(7)2-9-4/h3-5,7-8H,1-2,6H2. The van der Waals surface area contributed by atoms with Gasteiger partial charge in [0.05, 0.1) is 12.7 Å². The summed E-state index contributed by atoms with van der Waals surface area (Å²) in [5.41, 5.74) is 5.19. The highest BCUT2D eigenvalue weighted by Gasteiger charge is 2.32. The topological polar surface area (TPSA) is 75.7 Å². The van der Waals surface area contributed by atoms with Gasteiger partial charge in [0, 0.05) is 6.54 Å². The van der Waals surface area contributed by atoms with Crippen molar-refractivity contribution in [2.45, 2.75) is 18.3 Å². The Bertz CT molecular complexity index is 98.2. The minimum Gasteiger partial charge on any atom is -0.388 e. The van der Waals surface area contributed by atoms with Crippen LogP contribution in [0.2, 0.25) is 0 Å². The highest BCUT2D eigenvalue weighted by molar-refractivity contribution is 4.83. The maximum absolute atomic E-state index is 9.00. The smallest absolute Gasteiger partial charge is 0.109 e. The number of aliphatic hydroxyl groups is 2. The summed E-state index contributed by atoms with van der Waals surface area (Å²) >= 11 is 0. The number of hydrogen-bond acceptors (Lipinski definition) is 4. The summed E-state index contributed by atoms with van der Waals surface area (Å²) in [5, 5.41) is 17.9. The third kappa shape index (κ3) is 1.21. The van der Waals surface area contributed by atoms with Crippen molar-refractivity contribution in [3.05, 3.63) is 0 Å². The van der Waals surface area contributed by atoms with Gasteiger partial charge in [0.15, 0.2) is 0 Å². The summed E-state index contributed by atoms with van der Waals surface area (Å²) in [7, 11) is 0. The van der Waals surface area contributed by atoms with E-state index in [2.05, 4.69) is 0 Å². The maximum atomic E-state index is 9.00. The highest BCUT2D eigenvalue weighted by atomic mass is 16.5. The molecule has 4 N–H and O–H groups in total. The molecule has 0 amide bonds. The van der Waals surface area contributed by atoms with Gasteiger partial charge in [-0.1, -0.05) is 0 Å². The van der Waals surface area contributed by atoms with Crippen LogP contribution in [0.3, 0.4) is 0 Å². The first-order valence-electron chi connectivity index (χ1n) is 2.93. The van der Waals surface area contributed by atoms with E-state index in [9.17, 15) is 0 Å². The third-order valence-corrected chi connectivity index (χ3v) is 1.49. The molecule has 1 aliphatic rings. The van der Waals surface area contributed by atoms with Crippen molar-refractivity contribution in [1.29, 1.82) is 0 Å². The zero-order valence-corrected chi connectivity index (χ0v) is 5.03. The molecule has 1 aliphatic heterocycles. The van der Waals surface area contributed by atoms with Crippen LogP contribution in [-0.2, 0) is 4.74 Å². The van der Waals surface area contributed by atoms with Crippen molar-refractivity contribution in [1.82, 2.24) is 0 Å². The van der Waals surface area contributed by atoms with Gasteiger partial charge in [0.2, 0.25) is 0 Å². The minimum atomic E-state index is -0.796. The molecule has 0 aromatic rings. The molecule has 54 valence electrons. The largest absolute Gasteiger partial charge is 0.388 e. The summed E-state index contributed by atoms with van der Waals surface area (Å²) in [6, 6.07) is 0. The molecule has 9 heavy (non-hydrogen) atoms. The van der Waals surface area contributed by atoms with E-state index < -0.39 is 12.2 Å². The zero-order valence-electron chi connectivity index (χ0n) is 5.03. The molecule has 0 aromatic heterocycles. The van der Waals surface area contributed by atoms with Crippen LogP contribution in [-0.4, -0.2) is 41.7 Å². The molecule has 3 unspecified atom stereocenters. The zero-order chi connectivity index (χ0) is 6.85. The van der Waals surface area contributed by atoms with E-state index >= 15 is 0 Å². The molecular formula is C5H11NO3. The molecule has 0 spiro atoms. The molecule has 4 nitrogen and oxygen atoms in total. The van der Waals surface area contributed by atoms with Gasteiger partial charge in [-0.2, -0.15) is 0 Å². The monoisotopic (exact) mass is 133 g/mol. The van der Waals surface area contributed by atoms with Crippen molar-refractivity contribution in [3.63, 3.8) is 0 Å². The van der Waals surface area contributed by atoms with E-state index in [0.29, 0.717) is 0 Å². The molecule has 1 rings (SSSR count). The molecular weight excluding hydrogens is 122 g/mol. The van der Waals surface area contributed by atoms with Gasteiger partial charge in [-0.25, -0.2) is 0 Å². The lowest BCUT2D eigenvalue weighted by Crippen LogP contribution is -2.34. The van der Waals surface area contributed by atoms with Gasteiger partial charge >= 0.3 is 0 Å². The van der Waals surface area contributed by atoms with E-state index in [1.54, 1.807) is 0 Å². The summed E-state index contributed by atoms with van der Waals surface area (Å²) in [4.78, 5) is 0. The van der Waals surface area contributed by atoms with Crippen LogP contribution in [0.1, 0.15) is 0 Å². The number of hydrogen-bond donors (Lipinski definition) is 3. The van der Waals surface area contributed by atoms with E-state index in [4.69, 9.17) is 20.7 Å². The predicted molar refractivity (Wildman–Crippen MR) is 30.8 cm³/mol. The Kier molecular flexibility index (Phi) is 2.02. The molecule has 0 saturated carbocycles. The third-order valence-electron chi connectivity index (χ3n) is 1.49. The first kappa shape index (κ1) is 6.95. The average molecular weight is 133 g/mol. The lowest BCUT2D eigenvalue weighted by molar-refractivity contribution is 0.0276. The first-order valence-corrected chi connectivity index (χ1v) is 2.93. The van der Waals surface area contributed by atoms with E-state index in [1.165, 1.54) is 0 Å². The highest BCUT2D eigenvalue weighted by Crippen LogP contribution is 2.12. The fourth-order valence-electron chi connectivity index (χ4n) is 0.875. The second-order valence-corrected chi connectivity index (χ2v) is 2.17. The normalized spacial score (nSPS) is 43.7. The second-order valence-electron chi connectivity index (χ2n) is 2.17. The van der Waals surface area contributed by atoms with Crippen LogP contribution in [0.25, 0.3) is 0 Å². The summed E-state index contributed by atoms with van der Waals surface area (Å²) in [5.74, 6) is 0. The second kappa shape index (κ2) is 2.62. The van der Waals surface area contributed by atoms with Gasteiger partial charge in [0.25, 0.3) is 0 Å². The number of ether oxygens (including phenoxy) is 1. The van der Waals surface area contributed by atoms with E-state index in [-0.39, 0.29) is 19.3 Å². The molecule has 1 fully saturated rings. The Hall–Kier alpha value is -0.160. The number of rotatable bonds is 1. The molecule has 0 bridgehead atoms.